The van der Waals surface area contributed by atoms with Crippen molar-refractivity contribution in [3.63, 3.8) is 0 Å². The molecule has 0 N–H and O–H groups in total. The standard InChI is InChI=1S/C62H70O8/c1-35(2)33-61(14,50-24-37(5)54(67-16)38(6)25-50)51-26-39(7)55(40(8)27-51)68-58(64)46-20-22-47(23-21-46)59(65)69-56-41(9)28-52(29-42(56)10)62(15,34-36(3)4)53-30-43(11)57(44(12)31-53)70-60(66)49-19-17-18-48(32-49)45(13)63/h17-32,35-36H,33-34H2,1-16H3. The highest BCUT2D eigenvalue weighted by Crippen LogP contribution is 2.45. The van der Waals surface area contributed by atoms with E-state index in [-0.39, 0.29) is 11.2 Å². The van der Waals surface area contributed by atoms with Crippen molar-refractivity contribution in [3.05, 3.63) is 186 Å². The number of ether oxygens (including phenoxy) is 4. The van der Waals surface area contributed by atoms with E-state index in [0.717, 1.165) is 79.8 Å². The lowest BCUT2D eigenvalue weighted by molar-refractivity contribution is 0.0718. The maximum Gasteiger partial charge on any atom is 0.343 e. The third-order valence-electron chi connectivity index (χ3n) is 13.7. The van der Waals surface area contributed by atoms with Gasteiger partial charge in [0.1, 0.15) is 23.0 Å². The number of ketones is 1. The molecule has 0 spiro atoms. The lowest BCUT2D eigenvalue weighted by Gasteiger charge is -2.34. The third-order valence-corrected chi connectivity index (χ3v) is 13.7. The Morgan fingerprint density at radius 2 is 0.686 bits per heavy atom. The molecule has 0 amide bonds. The minimum Gasteiger partial charge on any atom is -0.496 e. The molecule has 2 atom stereocenters. The molecule has 8 heteroatoms. The predicted molar refractivity (Wildman–Crippen MR) is 280 cm³/mol. The van der Waals surface area contributed by atoms with Crippen LogP contribution in [0.15, 0.2) is 97.1 Å². The number of aryl methyl sites for hydroxylation is 8. The minimum atomic E-state index is -0.540. The summed E-state index contributed by atoms with van der Waals surface area (Å²) in [6.07, 6.45) is 1.75. The van der Waals surface area contributed by atoms with Crippen molar-refractivity contribution in [1.82, 2.24) is 0 Å². The molecule has 0 saturated heterocycles. The Kier molecular flexibility index (Phi) is 15.8. The van der Waals surface area contributed by atoms with E-state index in [0.29, 0.717) is 51.3 Å². The van der Waals surface area contributed by atoms with E-state index in [1.54, 1.807) is 55.6 Å². The van der Waals surface area contributed by atoms with Gasteiger partial charge in [-0.3, -0.25) is 4.79 Å². The molecule has 0 saturated carbocycles. The summed E-state index contributed by atoms with van der Waals surface area (Å²) in [4.78, 5) is 52.6. The fraction of sp³-hybridized carbons (Fsp3) is 0.355. The smallest absolute Gasteiger partial charge is 0.343 e. The summed E-state index contributed by atoms with van der Waals surface area (Å²) >= 11 is 0. The van der Waals surface area contributed by atoms with Crippen LogP contribution >= 0.6 is 0 Å². The maximum atomic E-state index is 13.7. The number of methoxy groups -OCH3 is 1. The van der Waals surface area contributed by atoms with Crippen molar-refractivity contribution in [1.29, 1.82) is 0 Å². The van der Waals surface area contributed by atoms with Crippen LogP contribution in [0.25, 0.3) is 0 Å². The first-order chi connectivity index (χ1) is 32.9. The molecule has 8 nitrogen and oxygen atoms in total. The van der Waals surface area contributed by atoms with Crippen LogP contribution in [0.4, 0.5) is 0 Å². The Balaban J connectivity index is 1.19. The highest BCUT2D eigenvalue weighted by atomic mass is 16.5. The van der Waals surface area contributed by atoms with Crippen molar-refractivity contribution in [3.8, 4) is 23.0 Å². The zero-order chi connectivity index (χ0) is 51.6. The zero-order valence-electron chi connectivity index (χ0n) is 44.1. The molecule has 2 unspecified atom stereocenters. The van der Waals surface area contributed by atoms with Crippen LogP contribution in [0.5, 0.6) is 23.0 Å². The van der Waals surface area contributed by atoms with Gasteiger partial charge in [0.15, 0.2) is 5.78 Å². The molecule has 0 aliphatic heterocycles. The number of carbonyl (C=O) groups is 4. The first-order valence-corrected chi connectivity index (χ1v) is 24.2. The van der Waals surface area contributed by atoms with Gasteiger partial charge < -0.3 is 18.9 Å². The Bertz CT molecular complexity index is 2900. The molecule has 0 radical (unpaired) electrons. The molecule has 0 bridgehead atoms. The van der Waals surface area contributed by atoms with E-state index in [1.165, 1.54) is 12.5 Å². The number of carbonyl (C=O) groups excluding carboxylic acids is 4. The second-order valence-electron chi connectivity index (χ2n) is 20.7. The Morgan fingerprint density at radius 3 is 0.957 bits per heavy atom. The van der Waals surface area contributed by atoms with Gasteiger partial charge in [0.05, 0.1) is 23.8 Å². The highest BCUT2D eigenvalue weighted by Gasteiger charge is 2.34. The monoisotopic (exact) mass is 943 g/mol. The van der Waals surface area contributed by atoms with Gasteiger partial charge in [0.25, 0.3) is 0 Å². The Hall–Kier alpha value is -6.80. The lowest BCUT2D eigenvalue weighted by atomic mass is 9.70. The molecular weight excluding hydrogens is 873 g/mol. The molecule has 6 rings (SSSR count). The van der Waals surface area contributed by atoms with Crippen LogP contribution in [-0.4, -0.2) is 30.8 Å². The molecule has 0 aliphatic carbocycles. The molecule has 0 fully saturated rings. The van der Waals surface area contributed by atoms with Gasteiger partial charge in [-0.05, 0) is 190 Å². The van der Waals surface area contributed by atoms with Gasteiger partial charge in [-0.1, -0.05) is 102 Å². The van der Waals surface area contributed by atoms with Crippen molar-refractivity contribution >= 4 is 23.7 Å². The van der Waals surface area contributed by atoms with Crippen molar-refractivity contribution in [2.24, 2.45) is 11.8 Å². The molecule has 0 aromatic heterocycles. The van der Waals surface area contributed by atoms with E-state index in [1.807, 2.05) is 41.5 Å². The molecule has 6 aromatic carbocycles. The normalized spacial score (nSPS) is 13.1. The number of hydrogen-bond donors (Lipinski definition) is 0. The average Bonchev–Trinajstić information content (AvgIpc) is 3.28. The highest BCUT2D eigenvalue weighted by molar-refractivity contribution is 5.98. The lowest BCUT2D eigenvalue weighted by Crippen LogP contribution is -2.27. The summed E-state index contributed by atoms with van der Waals surface area (Å²) < 4.78 is 23.8. The van der Waals surface area contributed by atoms with Gasteiger partial charge >= 0.3 is 17.9 Å². The first kappa shape index (κ1) is 52.6. The van der Waals surface area contributed by atoms with Crippen molar-refractivity contribution in [2.45, 2.75) is 128 Å². The summed E-state index contributed by atoms with van der Waals surface area (Å²) in [5, 5.41) is 0. The number of benzene rings is 6. The quantitative estimate of drug-likeness (QED) is 0.0537. The van der Waals surface area contributed by atoms with Crippen molar-refractivity contribution < 1.29 is 38.1 Å². The van der Waals surface area contributed by atoms with Gasteiger partial charge in [0.2, 0.25) is 0 Å². The summed E-state index contributed by atoms with van der Waals surface area (Å²) in [6.45, 7) is 30.7. The van der Waals surface area contributed by atoms with Crippen LogP contribution in [0.3, 0.4) is 0 Å². The van der Waals surface area contributed by atoms with Gasteiger partial charge in [0, 0.05) is 16.4 Å². The first-order valence-electron chi connectivity index (χ1n) is 24.2. The fourth-order valence-corrected chi connectivity index (χ4v) is 10.4. The fourth-order valence-electron chi connectivity index (χ4n) is 10.4. The van der Waals surface area contributed by atoms with Gasteiger partial charge in [-0.2, -0.15) is 0 Å². The molecule has 6 aromatic rings. The molecular formula is C62H70O8. The maximum absolute atomic E-state index is 13.7. The zero-order valence-corrected chi connectivity index (χ0v) is 44.1. The van der Waals surface area contributed by atoms with E-state index in [2.05, 4.69) is 104 Å². The predicted octanol–water partition coefficient (Wildman–Crippen LogP) is 14.7. The number of rotatable bonds is 16. The SMILES string of the molecule is COc1c(C)cc(C(C)(CC(C)C)c2cc(C)c(OC(=O)c3ccc(C(=O)Oc4c(C)cc(C(C)(CC(C)C)c5cc(C)c(OC(=O)c6cccc(C(C)=O)c6)c(C)c5)cc4C)cc3)c(C)c2)cc1C. The van der Waals surface area contributed by atoms with E-state index in [4.69, 9.17) is 18.9 Å². The number of esters is 3. The summed E-state index contributed by atoms with van der Waals surface area (Å²) in [5.41, 5.74) is 12.3. The van der Waals surface area contributed by atoms with Crippen LogP contribution in [0.1, 0.15) is 170 Å². The summed E-state index contributed by atoms with van der Waals surface area (Å²) in [6, 6.07) is 30.0. The number of hydrogen-bond acceptors (Lipinski definition) is 8. The largest absolute Gasteiger partial charge is 0.496 e. The Labute approximate surface area is 415 Å². The van der Waals surface area contributed by atoms with Gasteiger partial charge in [-0.15, -0.1) is 0 Å². The van der Waals surface area contributed by atoms with E-state index in [9.17, 15) is 19.2 Å². The van der Waals surface area contributed by atoms with Crippen LogP contribution in [0.2, 0.25) is 0 Å². The molecule has 70 heavy (non-hydrogen) atoms. The molecule has 366 valence electrons. The van der Waals surface area contributed by atoms with Crippen LogP contribution in [-0.2, 0) is 10.8 Å². The number of Topliss-reactive ketones (excluding diaryl/α,β-unsaturated/α-hetero) is 1. The van der Waals surface area contributed by atoms with Gasteiger partial charge in [-0.25, -0.2) is 14.4 Å². The second-order valence-corrected chi connectivity index (χ2v) is 20.7. The topological polar surface area (TPSA) is 105 Å². The second kappa shape index (κ2) is 21.1. The van der Waals surface area contributed by atoms with E-state index >= 15 is 0 Å². The molecule has 0 heterocycles. The van der Waals surface area contributed by atoms with Crippen LogP contribution in [0, 0.1) is 67.2 Å². The summed E-state index contributed by atoms with van der Waals surface area (Å²) in [5.74, 6) is 1.43. The molecule has 0 aliphatic rings. The van der Waals surface area contributed by atoms with Crippen LogP contribution < -0.4 is 18.9 Å². The van der Waals surface area contributed by atoms with E-state index < -0.39 is 23.3 Å². The Morgan fingerprint density at radius 1 is 0.414 bits per heavy atom. The summed E-state index contributed by atoms with van der Waals surface area (Å²) in [7, 11) is 1.71. The van der Waals surface area contributed by atoms with Crippen molar-refractivity contribution in [2.75, 3.05) is 7.11 Å². The third kappa shape index (κ3) is 11.1. The minimum absolute atomic E-state index is 0.126. The average molecular weight is 943 g/mol.